The lowest BCUT2D eigenvalue weighted by Gasteiger charge is -2.36. The van der Waals surface area contributed by atoms with Crippen LogP contribution in [0.5, 0.6) is 11.5 Å². The van der Waals surface area contributed by atoms with Gasteiger partial charge in [0.2, 0.25) is 12.7 Å². The highest BCUT2D eigenvalue weighted by Gasteiger charge is 2.41. The Morgan fingerprint density at radius 3 is 2.72 bits per heavy atom. The molecule has 0 saturated heterocycles. The molecule has 0 unspecified atom stereocenters. The van der Waals surface area contributed by atoms with E-state index in [-0.39, 0.29) is 25.2 Å². The van der Waals surface area contributed by atoms with Crippen LogP contribution in [-0.4, -0.2) is 34.8 Å². The van der Waals surface area contributed by atoms with Crippen LogP contribution >= 0.6 is 11.8 Å². The minimum absolute atomic E-state index is 0.134. The number of amides is 1. The van der Waals surface area contributed by atoms with E-state index in [1.165, 1.54) is 11.8 Å². The largest absolute Gasteiger partial charge is 0.459 e. The molecule has 1 atom stereocenters. The molecule has 3 aliphatic rings. The maximum absolute atomic E-state index is 13.2. The molecule has 0 fully saturated rings. The van der Waals surface area contributed by atoms with E-state index in [0.29, 0.717) is 29.3 Å². The Hall–Kier alpha value is -3.72. The van der Waals surface area contributed by atoms with Gasteiger partial charge in [0.05, 0.1) is 29.8 Å². The number of rotatable bonds is 7. The number of nitrogens with one attached hydrogen (secondary N) is 1. The van der Waals surface area contributed by atoms with Crippen molar-refractivity contribution in [3.05, 3.63) is 82.0 Å². The van der Waals surface area contributed by atoms with Gasteiger partial charge in [0.1, 0.15) is 0 Å². The zero-order valence-electron chi connectivity index (χ0n) is 20.3. The number of thioether (sulfide) groups is 1. The van der Waals surface area contributed by atoms with Crippen molar-refractivity contribution in [2.45, 2.75) is 45.9 Å². The lowest BCUT2D eigenvalue weighted by Crippen LogP contribution is -2.38. The minimum Gasteiger partial charge on any atom is -0.459 e. The van der Waals surface area contributed by atoms with Crippen molar-refractivity contribution in [3.8, 4) is 11.5 Å². The van der Waals surface area contributed by atoms with Crippen LogP contribution in [0.3, 0.4) is 0 Å². The summed E-state index contributed by atoms with van der Waals surface area (Å²) in [7, 11) is 0. The van der Waals surface area contributed by atoms with Crippen molar-refractivity contribution in [1.82, 2.24) is 10.2 Å². The number of allylic oxidation sites excluding steroid dienone is 1. The van der Waals surface area contributed by atoms with Crippen molar-refractivity contribution >= 4 is 28.8 Å². The van der Waals surface area contributed by atoms with Crippen molar-refractivity contribution in [2.24, 2.45) is 4.99 Å². The molecule has 3 aliphatic heterocycles. The highest BCUT2D eigenvalue weighted by molar-refractivity contribution is 8.16. The van der Waals surface area contributed by atoms with Gasteiger partial charge in [-0.25, -0.2) is 9.79 Å². The molecule has 0 spiro atoms. The Morgan fingerprint density at radius 1 is 1.17 bits per heavy atom. The molecule has 1 N–H and O–H groups in total. The summed E-state index contributed by atoms with van der Waals surface area (Å²) < 4.78 is 16.3. The summed E-state index contributed by atoms with van der Waals surface area (Å²) in [4.78, 5) is 32.8. The highest BCUT2D eigenvalue weighted by atomic mass is 32.2. The smallest absolute Gasteiger partial charge is 0.338 e. The molecule has 0 aromatic heterocycles. The van der Waals surface area contributed by atoms with E-state index in [9.17, 15) is 9.59 Å². The summed E-state index contributed by atoms with van der Waals surface area (Å²) in [6, 6.07) is 14.9. The van der Waals surface area contributed by atoms with Crippen LogP contribution in [0.15, 0.2) is 75.9 Å². The van der Waals surface area contributed by atoms with E-state index in [4.69, 9.17) is 14.2 Å². The monoisotopic (exact) mass is 505 g/mol. The molecular weight excluding hydrogens is 478 g/mol. The number of carbonyl (C=O) groups excluding carboxylic acids is 2. The first-order valence-electron chi connectivity index (χ1n) is 11.8. The first-order chi connectivity index (χ1) is 17.4. The third-order valence-electron chi connectivity index (χ3n) is 5.95. The summed E-state index contributed by atoms with van der Waals surface area (Å²) >= 11 is 1.45. The number of hydrogen-bond donors (Lipinski definition) is 1. The molecule has 0 aliphatic carbocycles. The van der Waals surface area contributed by atoms with Gasteiger partial charge < -0.3 is 24.4 Å². The molecule has 2 aromatic carbocycles. The van der Waals surface area contributed by atoms with E-state index in [1.54, 1.807) is 0 Å². The lowest BCUT2D eigenvalue weighted by molar-refractivity contribution is -0.143. The van der Waals surface area contributed by atoms with Gasteiger partial charge in [-0.3, -0.25) is 4.79 Å². The Labute approximate surface area is 214 Å². The molecule has 2 aromatic rings. The van der Waals surface area contributed by atoms with E-state index in [0.717, 1.165) is 22.0 Å². The first-order valence-corrected chi connectivity index (χ1v) is 12.6. The zero-order chi connectivity index (χ0) is 25.2. The molecule has 9 heteroatoms. The third kappa shape index (κ3) is 4.83. The lowest BCUT2D eigenvalue weighted by atomic mass is 9.94. The Balaban J connectivity index is 1.35. The zero-order valence-corrected chi connectivity index (χ0v) is 21.1. The number of carbonyl (C=O) groups is 2. The van der Waals surface area contributed by atoms with Crippen LogP contribution in [0.25, 0.3) is 0 Å². The summed E-state index contributed by atoms with van der Waals surface area (Å²) in [6.45, 7) is 6.05. The number of hydrogen-bond acceptors (Lipinski definition) is 8. The van der Waals surface area contributed by atoms with Gasteiger partial charge in [-0.1, -0.05) is 48.2 Å². The second-order valence-electron chi connectivity index (χ2n) is 8.90. The van der Waals surface area contributed by atoms with Crippen LogP contribution in [0.2, 0.25) is 0 Å². The molecule has 0 bridgehead atoms. The number of nitrogens with zero attached hydrogens (tertiary/aromatic N) is 2. The number of ether oxygens (including phenoxy) is 3. The predicted molar refractivity (Wildman–Crippen MR) is 137 cm³/mol. The average Bonchev–Trinajstić information content (AvgIpc) is 3.48. The van der Waals surface area contributed by atoms with Gasteiger partial charge in [0.15, 0.2) is 16.7 Å². The van der Waals surface area contributed by atoms with Crippen molar-refractivity contribution in [3.63, 3.8) is 0 Å². The summed E-state index contributed by atoms with van der Waals surface area (Å²) in [5.41, 5.74) is 3.72. The molecule has 1 amide bonds. The van der Waals surface area contributed by atoms with Crippen LogP contribution in [0.1, 0.15) is 44.4 Å². The topological polar surface area (TPSA) is 89.5 Å². The molecular formula is C27H27N3O5S. The van der Waals surface area contributed by atoms with Gasteiger partial charge in [-0.15, -0.1) is 0 Å². The number of esters is 1. The molecule has 0 saturated carbocycles. The first kappa shape index (κ1) is 24.0. The number of benzene rings is 2. The number of fused-ring (bicyclic) bond motifs is 2. The van der Waals surface area contributed by atoms with Gasteiger partial charge >= 0.3 is 5.97 Å². The van der Waals surface area contributed by atoms with Gasteiger partial charge in [-0.05, 0) is 49.4 Å². The second kappa shape index (κ2) is 10.1. The van der Waals surface area contributed by atoms with Crippen molar-refractivity contribution in [1.29, 1.82) is 0 Å². The predicted octanol–water partition coefficient (Wildman–Crippen LogP) is 4.65. The molecule has 8 nitrogen and oxygen atoms in total. The minimum atomic E-state index is -0.437. The summed E-state index contributed by atoms with van der Waals surface area (Å²) in [6.07, 6.45) is -0.115. The molecule has 5 rings (SSSR count). The highest BCUT2D eigenvalue weighted by Crippen LogP contribution is 2.44. The van der Waals surface area contributed by atoms with Crippen LogP contribution in [0.4, 0.5) is 0 Å². The molecule has 3 heterocycles. The fraction of sp³-hybridized carbons (Fsp3) is 0.296. The third-order valence-corrected chi connectivity index (χ3v) is 6.84. The molecule has 186 valence electrons. The van der Waals surface area contributed by atoms with Crippen LogP contribution in [-0.2, 0) is 20.9 Å². The second-order valence-corrected chi connectivity index (χ2v) is 9.74. The van der Waals surface area contributed by atoms with Crippen molar-refractivity contribution in [2.75, 3.05) is 6.79 Å². The van der Waals surface area contributed by atoms with Crippen molar-refractivity contribution < 1.29 is 23.8 Å². The van der Waals surface area contributed by atoms with E-state index in [1.807, 2.05) is 79.6 Å². The average molecular weight is 506 g/mol. The van der Waals surface area contributed by atoms with Gasteiger partial charge in [0, 0.05) is 12.2 Å². The maximum Gasteiger partial charge on any atom is 0.338 e. The van der Waals surface area contributed by atoms with E-state index < -0.39 is 12.0 Å². The van der Waals surface area contributed by atoms with Crippen LogP contribution in [0, 0.1) is 0 Å². The quantitative estimate of drug-likeness (QED) is 0.548. The number of aliphatic imine (C=N–C) groups is 1. The molecule has 36 heavy (non-hydrogen) atoms. The Morgan fingerprint density at radius 2 is 1.94 bits per heavy atom. The Bertz CT molecular complexity index is 1290. The fourth-order valence-electron chi connectivity index (χ4n) is 4.34. The number of amidine groups is 1. The SMILES string of the molecule is CC1=C(C(=O)OC(C)C)[C@H](c2ccccc2)N2C(CC(=O)NCc3ccc4c(c3)OCO4)=CSC2=N1. The van der Waals surface area contributed by atoms with Gasteiger partial charge in [0.25, 0.3) is 0 Å². The van der Waals surface area contributed by atoms with E-state index >= 15 is 0 Å². The fourth-order valence-corrected chi connectivity index (χ4v) is 5.30. The maximum atomic E-state index is 13.2. The standard InChI is InChI=1S/C27H27N3O5S/c1-16(2)35-26(32)24-17(3)29-27-30(25(24)19-7-5-4-6-8-19)20(14-36-27)12-23(31)28-13-18-9-10-21-22(11-18)34-15-33-21/h4-11,14,16,25H,12-13,15H2,1-3H3,(H,28,31)/t25-/m0/s1. The summed E-state index contributed by atoms with van der Waals surface area (Å²) in [5.74, 6) is 0.851. The normalized spacial score (nSPS) is 18.1. The molecule has 0 radical (unpaired) electrons. The van der Waals surface area contributed by atoms with E-state index in [2.05, 4.69) is 10.3 Å². The summed E-state index contributed by atoms with van der Waals surface area (Å²) in [5, 5.41) is 5.65. The van der Waals surface area contributed by atoms with Gasteiger partial charge in [-0.2, -0.15) is 0 Å². The van der Waals surface area contributed by atoms with Crippen LogP contribution < -0.4 is 14.8 Å². The Kier molecular flexibility index (Phi) is 6.73.